The highest BCUT2D eigenvalue weighted by Gasteiger charge is 2.31. The van der Waals surface area contributed by atoms with Gasteiger partial charge in [0.2, 0.25) is 0 Å². The van der Waals surface area contributed by atoms with Gasteiger partial charge in [0, 0.05) is 37.9 Å². The van der Waals surface area contributed by atoms with Crippen LogP contribution >= 0.6 is 0 Å². The lowest BCUT2D eigenvalue weighted by molar-refractivity contribution is 0.173. The maximum absolute atomic E-state index is 9.22. The Kier molecular flexibility index (Phi) is 4.89. The summed E-state index contributed by atoms with van der Waals surface area (Å²) in [6.45, 7) is 1.51. The Morgan fingerprint density at radius 3 is 2.95 bits per heavy atom. The van der Waals surface area contributed by atoms with Crippen molar-refractivity contribution in [2.24, 2.45) is 5.92 Å². The van der Waals surface area contributed by atoms with E-state index in [1.165, 1.54) is 0 Å². The lowest BCUT2D eigenvalue weighted by Crippen LogP contribution is -2.37. The van der Waals surface area contributed by atoms with Crippen LogP contribution in [0.3, 0.4) is 0 Å². The number of hydrogen-bond donors (Lipinski definition) is 0. The van der Waals surface area contributed by atoms with E-state index in [1.54, 1.807) is 6.20 Å². The summed E-state index contributed by atoms with van der Waals surface area (Å²) in [5, 5.41) is 18.0. The number of pyridine rings is 1. The fourth-order valence-corrected chi connectivity index (χ4v) is 2.81. The standard InChI is InChI=1S/C15H18N4/c16-7-3-9-19(12-13-4-2-8-18-11-13)15-6-1-5-14(15)10-17/h2,4,8,11,14-15H,1,3,5-6,9,12H2. The third-order valence-corrected chi connectivity index (χ3v) is 3.73. The van der Waals surface area contributed by atoms with Gasteiger partial charge in [-0.1, -0.05) is 12.5 Å². The molecule has 2 unspecified atom stereocenters. The zero-order valence-corrected chi connectivity index (χ0v) is 11.0. The monoisotopic (exact) mass is 254 g/mol. The van der Waals surface area contributed by atoms with Crippen LogP contribution < -0.4 is 0 Å². The van der Waals surface area contributed by atoms with Gasteiger partial charge >= 0.3 is 0 Å². The minimum Gasteiger partial charge on any atom is -0.294 e. The molecule has 0 N–H and O–H groups in total. The zero-order valence-electron chi connectivity index (χ0n) is 11.0. The Morgan fingerprint density at radius 2 is 2.26 bits per heavy atom. The molecule has 1 aromatic heterocycles. The van der Waals surface area contributed by atoms with Crippen molar-refractivity contribution < 1.29 is 0 Å². The highest BCUT2D eigenvalue weighted by molar-refractivity contribution is 5.09. The SMILES string of the molecule is N#CCCN(Cc1cccnc1)C1CCCC1C#N. The molecule has 0 spiro atoms. The first kappa shape index (κ1) is 13.5. The molecule has 1 saturated carbocycles. The lowest BCUT2D eigenvalue weighted by atomic mass is 10.0. The van der Waals surface area contributed by atoms with Gasteiger partial charge in [0.1, 0.15) is 0 Å². The molecule has 4 nitrogen and oxygen atoms in total. The van der Waals surface area contributed by atoms with E-state index in [0.717, 1.165) is 37.9 Å². The second-order valence-electron chi connectivity index (χ2n) is 4.97. The average Bonchev–Trinajstić information content (AvgIpc) is 2.93. The van der Waals surface area contributed by atoms with Gasteiger partial charge < -0.3 is 0 Å². The van der Waals surface area contributed by atoms with Crippen molar-refractivity contribution in [3.8, 4) is 12.1 Å². The van der Waals surface area contributed by atoms with Gasteiger partial charge in [0.25, 0.3) is 0 Å². The van der Waals surface area contributed by atoms with Crippen molar-refractivity contribution in [1.82, 2.24) is 9.88 Å². The first-order chi connectivity index (χ1) is 9.35. The Morgan fingerprint density at radius 1 is 1.37 bits per heavy atom. The summed E-state index contributed by atoms with van der Waals surface area (Å²) in [5.41, 5.74) is 1.14. The van der Waals surface area contributed by atoms with E-state index in [9.17, 15) is 5.26 Å². The quantitative estimate of drug-likeness (QED) is 0.809. The molecule has 0 radical (unpaired) electrons. The third-order valence-electron chi connectivity index (χ3n) is 3.73. The molecule has 1 aliphatic carbocycles. The van der Waals surface area contributed by atoms with Crippen molar-refractivity contribution in [1.29, 1.82) is 10.5 Å². The van der Waals surface area contributed by atoms with Gasteiger partial charge in [-0.25, -0.2) is 0 Å². The van der Waals surface area contributed by atoms with E-state index in [2.05, 4.69) is 22.0 Å². The summed E-state index contributed by atoms with van der Waals surface area (Å²) in [6.07, 6.45) is 7.28. The van der Waals surface area contributed by atoms with Gasteiger partial charge in [-0.05, 0) is 24.5 Å². The molecule has 98 valence electrons. The summed E-state index contributed by atoms with van der Waals surface area (Å²) in [4.78, 5) is 6.41. The van der Waals surface area contributed by atoms with Crippen molar-refractivity contribution in [3.63, 3.8) is 0 Å². The number of nitrogens with zero attached hydrogens (tertiary/aromatic N) is 4. The van der Waals surface area contributed by atoms with Crippen LogP contribution in [0, 0.1) is 28.6 Å². The van der Waals surface area contributed by atoms with Crippen molar-refractivity contribution in [3.05, 3.63) is 30.1 Å². The minimum atomic E-state index is 0.107. The Balaban J connectivity index is 2.08. The number of rotatable bonds is 5. The Bertz CT molecular complexity index is 471. The van der Waals surface area contributed by atoms with Crippen LogP contribution in [-0.4, -0.2) is 22.5 Å². The molecule has 19 heavy (non-hydrogen) atoms. The van der Waals surface area contributed by atoms with Crippen molar-refractivity contribution in [2.45, 2.75) is 38.3 Å². The highest BCUT2D eigenvalue weighted by Crippen LogP contribution is 2.30. The van der Waals surface area contributed by atoms with Crippen LogP contribution in [0.1, 0.15) is 31.2 Å². The topological polar surface area (TPSA) is 63.7 Å². The summed E-state index contributed by atoms with van der Waals surface area (Å²) < 4.78 is 0. The smallest absolute Gasteiger partial charge is 0.0672 e. The fourth-order valence-electron chi connectivity index (χ4n) is 2.81. The molecule has 1 fully saturated rings. The van der Waals surface area contributed by atoms with E-state index >= 15 is 0 Å². The van der Waals surface area contributed by atoms with Gasteiger partial charge in [0.15, 0.2) is 0 Å². The summed E-state index contributed by atoms with van der Waals surface area (Å²) in [6, 6.07) is 8.88. The summed E-state index contributed by atoms with van der Waals surface area (Å²) in [7, 11) is 0. The first-order valence-electron chi connectivity index (χ1n) is 6.74. The largest absolute Gasteiger partial charge is 0.294 e. The molecule has 0 aliphatic heterocycles. The van der Waals surface area contributed by atoms with Crippen LogP contribution in [0.2, 0.25) is 0 Å². The Hall–Kier alpha value is -1.91. The van der Waals surface area contributed by atoms with E-state index in [1.807, 2.05) is 18.3 Å². The van der Waals surface area contributed by atoms with Gasteiger partial charge in [-0.15, -0.1) is 0 Å². The molecule has 4 heteroatoms. The van der Waals surface area contributed by atoms with Crippen molar-refractivity contribution in [2.75, 3.05) is 6.54 Å². The van der Waals surface area contributed by atoms with E-state index in [4.69, 9.17) is 5.26 Å². The summed E-state index contributed by atoms with van der Waals surface area (Å²) in [5.74, 6) is 0.107. The average molecular weight is 254 g/mol. The van der Waals surface area contributed by atoms with Gasteiger partial charge in [0.05, 0.1) is 18.1 Å². The lowest BCUT2D eigenvalue weighted by Gasteiger charge is -2.30. The van der Waals surface area contributed by atoms with Crippen LogP contribution in [0.4, 0.5) is 0 Å². The molecular weight excluding hydrogens is 236 g/mol. The van der Waals surface area contributed by atoms with Gasteiger partial charge in [-0.2, -0.15) is 10.5 Å². The summed E-state index contributed by atoms with van der Waals surface area (Å²) >= 11 is 0. The third kappa shape index (κ3) is 3.53. The van der Waals surface area contributed by atoms with E-state index in [-0.39, 0.29) is 5.92 Å². The first-order valence-corrected chi connectivity index (χ1v) is 6.74. The van der Waals surface area contributed by atoms with E-state index in [0.29, 0.717) is 12.5 Å². The Labute approximate surface area is 114 Å². The van der Waals surface area contributed by atoms with Crippen LogP contribution in [0.25, 0.3) is 0 Å². The van der Waals surface area contributed by atoms with Crippen molar-refractivity contribution >= 4 is 0 Å². The number of hydrogen-bond acceptors (Lipinski definition) is 4. The highest BCUT2D eigenvalue weighted by atomic mass is 15.2. The molecule has 2 rings (SSSR count). The second kappa shape index (κ2) is 6.87. The molecule has 0 aromatic carbocycles. The van der Waals surface area contributed by atoms with E-state index < -0.39 is 0 Å². The molecule has 0 bridgehead atoms. The molecular formula is C15H18N4. The number of aromatic nitrogens is 1. The normalized spacial score (nSPS) is 22.1. The van der Waals surface area contributed by atoms with Crippen LogP contribution in [0.15, 0.2) is 24.5 Å². The molecule has 1 aliphatic rings. The maximum Gasteiger partial charge on any atom is 0.0672 e. The number of nitriles is 2. The van der Waals surface area contributed by atoms with Crippen LogP contribution in [0.5, 0.6) is 0 Å². The molecule has 0 amide bonds. The minimum absolute atomic E-state index is 0.107. The zero-order chi connectivity index (χ0) is 13.5. The van der Waals surface area contributed by atoms with Crippen LogP contribution in [-0.2, 0) is 6.54 Å². The predicted octanol–water partition coefficient (Wildman–Crippen LogP) is 2.49. The fraction of sp³-hybridized carbons (Fsp3) is 0.533. The molecule has 0 saturated heterocycles. The predicted molar refractivity (Wildman–Crippen MR) is 71.6 cm³/mol. The maximum atomic E-state index is 9.22. The molecule has 1 aromatic rings. The molecule has 1 heterocycles. The van der Waals surface area contributed by atoms with Gasteiger partial charge in [-0.3, -0.25) is 9.88 Å². The molecule has 2 atom stereocenters. The second-order valence-corrected chi connectivity index (χ2v) is 4.97.